The van der Waals surface area contributed by atoms with Gasteiger partial charge in [0.2, 0.25) is 0 Å². The molecule has 0 spiro atoms. The minimum atomic E-state index is -0.235. The van der Waals surface area contributed by atoms with Gasteiger partial charge in [-0.25, -0.2) is 9.97 Å². The Balaban J connectivity index is 1.68. The van der Waals surface area contributed by atoms with Crippen LogP contribution >= 0.6 is 22.9 Å². The lowest BCUT2D eigenvalue weighted by Gasteiger charge is -2.06. The lowest BCUT2D eigenvalue weighted by atomic mass is 10.1. The van der Waals surface area contributed by atoms with Gasteiger partial charge in [-0.05, 0) is 26.0 Å². The molecule has 0 saturated carbocycles. The largest absolute Gasteiger partial charge is 0.298 e. The first kappa shape index (κ1) is 17.6. The summed E-state index contributed by atoms with van der Waals surface area (Å²) in [6.07, 6.45) is 0. The number of hydrogen-bond acceptors (Lipinski definition) is 5. The number of rotatable bonds is 3. The van der Waals surface area contributed by atoms with E-state index in [-0.39, 0.29) is 5.91 Å². The fraction of sp³-hybridized carbons (Fsp3) is 0.158. The summed E-state index contributed by atoms with van der Waals surface area (Å²) in [5, 5.41) is 11.0. The predicted octanol–water partition coefficient (Wildman–Crippen LogP) is 4.61. The third kappa shape index (κ3) is 3.20. The quantitative estimate of drug-likeness (QED) is 0.547. The monoisotopic (exact) mass is 397 g/mol. The number of aryl methyl sites for hydroxylation is 3. The topological polar surface area (TPSA) is 72.7 Å². The lowest BCUT2D eigenvalue weighted by Crippen LogP contribution is -2.13. The van der Waals surface area contributed by atoms with E-state index in [2.05, 4.69) is 20.4 Å². The van der Waals surface area contributed by atoms with Crippen LogP contribution in [0.3, 0.4) is 0 Å². The fourth-order valence-corrected chi connectivity index (χ4v) is 3.98. The number of benzene rings is 1. The second-order valence-corrected chi connectivity index (χ2v) is 7.46. The van der Waals surface area contributed by atoms with E-state index in [1.807, 2.05) is 50.5 Å². The molecule has 6 nitrogen and oxygen atoms in total. The van der Waals surface area contributed by atoms with Crippen molar-refractivity contribution < 1.29 is 4.79 Å². The maximum atomic E-state index is 12.9. The number of thiazole rings is 1. The van der Waals surface area contributed by atoms with Gasteiger partial charge in [-0.2, -0.15) is 5.10 Å². The summed E-state index contributed by atoms with van der Waals surface area (Å²) < 4.78 is 1.69. The minimum absolute atomic E-state index is 0.235. The van der Waals surface area contributed by atoms with E-state index in [1.165, 1.54) is 11.3 Å². The van der Waals surface area contributed by atoms with Gasteiger partial charge in [0.05, 0.1) is 22.3 Å². The normalized spacial score (nSPS) is 11.1. The van der Waals surface area contributed by atoms with Crippen molar-refractivity contribution in [1.82, 2.24) is 19.7 Å². The Labute approximate surface area is 164 Å². The summed E-state index contributed by atoms with van der Waals surface area (Å²) >= 11 is 7.59. The maximum absolute atomic E-state index is 12.9. The highest BCUT2D eigenvalue weighted by Crippen LogP contribution is 2.31. The van der Waals surface area contributed by atoms with E-state index in [0.717, 1.165) is 28.0 Å². The third-order valence-electron chi connectivity index (χ3n) is 4.22. The van der Waals surface area contributed by atoms with Crippen LogP contribution in [-0.4, -0.2) is 25.7 Å². The molecule has 27 heavy (non-hydrogen) atoms. The molecule has 1 aromatic carbocycles. The molecule has 1 amide bonds. The minimum Gasteiger partial charge on any atom is -0.298 e. The highest BCUT2D eigenvalue weighted by atomic mass is 35.5. The lowest BCUT2D eigenvalue weighted by molar-refractivity contribution is 0.102. The van der Waals surface area contributed by atoms with Crippen LogP contribution in [0.2, 0.25) is 5.02 Å². The van der Waals surface area contributed by atoms with Gasteiger partial charge in [-0.15, -0.1) is 11.3 Å². The first-order chi connectivity index (χ1) is 12.9. The fourth-order valence-electron chi connectivity index (χ4n) is 3.04. The molecule has 136 valence electrons. The molecule has 0 aliphatic heterocycles. The summed E-state index contributed by atoms with van der Waals surface area (Å²) in [5.41, 5.74) is 4.31. The van der Waals surface area contributed by atoms with Crippen LogP contribution in [0.25, 0.3) is 22.3 Å². The Bertz CT molecular complexity index is 1180. The molecule has 0 saturated heterocycles. The van der Waals surface area contributed by atoms with E-state index in [0.29, 0.717) is 21.4 Å². The molecule has 3 heterocycles. The second kappa shape index (κ2) is 6.75. The maximum Gasteiger partial charge on any atom is 0.258 e. The van der Waals surface area contributed by atoms with Crippen LogP contribution in [0, 0.1) is 13.8 Å². The zero-order chi connectivity index (χ0) is 19.1. The number of amides is 1. The molecule has 4 rings (SSSR count). The van der Waals surface area contributed by atoms with Gasteiger partial charge in [0.1, 0.15) is 0 Å². The molecule has 8 heteroatoms. The number of carbonyl (C=O) groups is 1. The second-order valence-electron chi connectivity index (χ2n) is 6.19. The zero-order valence-electron chi connectivity index (χ0n) is 14.9. The Morgan fingerprint density at radius 1 is 1.22 bits per heavy atom. The standard InChI is InChI=1S/C19H16ClN5OS/c1-10-8-13(16-11(2)24-25(3)17(16)21-10)18(26)23-19-22-15(9-27-19)12-6-4-5-7-14(12)20/h4-9H,1-3H3,(H,22,23,26). The molecule has 3 aromatic heterocycles. The Kier molecular flexibility index (Phi) is 4.41. The van der Waals surface area contributed by atoms with Crippen molar-refractivity contribution in [2.24, 2.45) is 7.05 Å². The average Bonchev–Trinajstić information content (AvgIpc) is 3.19. The smallest absolute Gasteiger partial charge is 0.258 e. The van der Waals surface area contributed by atoms with Crippen LogP contribution in [0.15, 0.2) is 35.7 Å². The molecular weight excluding hydrogens is 382 g/mol. The molecule has 0 atom stereocenters. The number of fused-ring (bicyclic) bond motifs is 1. The molecule has 0 bridgehead atoms. The van der Waals surface area contributed by atoms with Crippen molar-refractivity contribution in [2.45, 2.75) is 13.8 Å². The van der Waals surface area contributed by atoms with Crippen LogP contribution in [0.4, 0.5) is 5.13 Å². The summed E-state index contributed by atoms with van der Waals surface area (Å²) in [6.45, 7) is 3.73. The first-order valence-corrected chi connectivity index (χ1v) is 9.52. The molecule has 0 aliphatic carbocycles. The Hall–Kier alpha value is -2.77. The van der Waals surface area contributed by atoms with E-state index in [9.17, 15) is 4.79 Å². The number of halogens is 1. The van der Waals surface area contributed by atoms with Crippen LogP contribution in [0.5, 0.6) is 0 Å². The summed E-state index contributed by atoms with van der Waals surface area (Å²) in [6, 6.07) is 9.26. The third-order valence-corrected chi connectivity index (χ3v) is 5.30. The molecule has 1 N–H and O–H groups in total. The average molecular weight is 398 g/mol. The first-order valence-electron chi connectivity index (χ1n) is 8.27. The molecule has 0 fully saturated rings. The molecule has 0 aliphatic rings. The predicted molar refractivity (Wildman–Crippen MR) is 108 cm³/mol. The number of hydrogen-bond donors (Lipinski definition) is 1. The van der Waals surface area contributed by atoms with Crippen molar-refractivity contribution in [2.75, 3.05) is 5.32 Å². The van der Waals surface area contributed by atoms with Crippen LogP contribution in [0.1, 0.15) is 21.7 Å². The Morgan fingerprint density at radius 3 is 2.78 bits per heavy atom. The summed E-state index contributed by atoms with van der Waals surface area (Å²) in [7, 11) is 1.82. The highest BCUT2D eigenvalue weighted by molar-refractivity contribution is 7.14. The van der Waals surface area contributed by atoms with Gasteiger partial charge in [-0.3, -0.25) is 14.8 Å². The number of anilines is 1. The number of aromatic nitrogens is 4. The van der Waals surface area contributed by atoms with E-state index in [4.69, 9.17) is 11.6 Å². The van der Waals surface area contributed by atoms with Gasteiger partial charge in [-0.1, -0.05) is 29.8 Å². The van der Waals surface area contributed by atoms with Crippen molar-refractivity contribution >= 4 is 45.0 Å². The molecule has 4 aromatic rings. The molecule has 0 unspecified atom stereocenters. The van der Waals surface area contributed by atoms with Crippen molar-refractivity contribution in [3.63, 3.8) is 0 Å². The van der Waals surface area contributed by atoms with Gasteiger partial charge >= 0.3 is 0 Å². The van der Waals surface area contributed by atoms with E-state index < -0.39 is 0 Å². The van der Waals surface area contributed by atoms with E-state index in [1.54, 1.807) is 10.7 Å². The van der Waals surface area contributed by atoms with Gasteiger partial charge < -0.3 is 0 Å². The van der Waals surface area contributed by atoms with Gasteiger partial charge in [0.15, 0.2) is 10.8 Å². The molecule has 0 radical (unpaired) electrons. The number of pyridine rings is 1. The molecular formula is C19H16ClN5OS. The Morgan fingerprint density at radius 2 is 2.00 bits per heavy atom. The van der Waals surface area contributed by atoms with Crippen molar-refractivity contribution in [3.8, 4) is 11.3 Å². The van der Waals surface area contributed by atoms with Crippen molar-refractivity contribution in [3.05, 3.63) is 57.7 Å². The van der Waals surface area contributed by atoms with Crippen molar-refractivity contribution in [1.29, 1.82) is 0 Å². The zero-order valence-corrected chi connectivity index (χ0v) is 16.5. The van der Waals surface area contributed by atoms with Gasteiger partial charge in [0, 0.05) is 28.7 Å². The number of nitrogens with zero attached hydrogens (tertiary/aromatic N) is 4. The SMILES string of the molecule is Cc1cc(C(=O)Nc2nc(-c3ccccc3Cl)cs2)c2c(C)nn(C)c2n1. The van der Waals surface area contributed by atoms with Crippen LogP contribution < -0.4 is 5.32 Å². The number of carbonyl (C=O) groups excluding carboxylic acids is 1. The van der Waals surface area contributed by atoms with Gasteiger partial charge in [0.25, 0.3) is 5.91 Å². The highest BCUT2D eigenvalue weighted by Gasteiger charge is 2.19. The summed E-state index contributed by atoms with van der Waals surface area (Å²) in [4.78, 5) is 21.9. The summed E-state index contributed by atoms with van der Waals surface area (Å²) in [5.74, 6) is -0.235. The van der Waals surface area contributed by atoms with E-state index >= 15 is 0 Å². The number of nitrogens with one attached hydrogen (secondary N) is 1. The van der Waals surface area contributed by atoms with Crippen LogP contribution in [-0.2, 0) is 7.05 Å².